The van der Waals surface area contributed by atoms with Crippen molar-refractivity contribution in [2.75, 3.05) is 0 Å². The van der Waals surface area contributed by atoms with Gasteiger partial charge in [0.1, 0.15) is 0 Å². The molecule has 0 amide bonds. The molecule has 0 aromatic heterocycles. The van der Waals surface area contributed by atoms with Crippen LogP contribution in [0.5, 0.6) is 0 Å². The van der Waals surface area contributed by atoms with Crippen LogP contribution in [0.15, 0.2) is 0 Å². The Morgan fingerprint density at radius 1 is 1.44 bits per heavy atom. The molecule has 0 radical (unpaired) electrons. The first-order chi connectivity index (χ1) is 4.33. The molecule has 1 rings (SSSR count). The Morgan fingerprint density at radius 3 is 2.67 bits per heavy atom. The predicted molar refractivity (Wildman–Crippen MR) is 40.2 cm³/mol. The maximum absolute atomic E-state index is 5.80. The van der Waals surface area contributed by atoms with E-state index in [1.165, 1.54) is 32.1 Å². The van der Waals surface area contributed by atoms with Gasteiger partial charge in [-0.1, -0.05) is 26.2 Å². The van der Waals surface area contributed by atoms with Crippen molar-refractivity contribution in [3.63, 3.8) is 0 Å². The topological polar surface area (TPSA) is 26.0 Å². The first-order valence-corrected chi connectivity index (χ1v) is 4.08. The van der Waals surface area contributed by atoms with Crippen LogP contribution >= 0.6 is 0 Å². The lowest BCUT2D eigenvalue weighted by atomic mass is 9.85. The van der Waals surface area contributed by atoms with Gasteiger partial charge < -0.3 is 5.73 Å². The number of hydrogen-bond donors (Lipinski definition) is 1. The fourth-order valence-corrected chi connectivity index (χ4v) is 1.70. The Balaban J connectivity index is 2.23. The van der Waals surface area contributed by atoms with Crippen LogP contribution in [0.2, 0.25) is 0 Å². The number of rotatable bonds is 1. The molecule has 2 N–H and O–H groups in total. The van der Waals surface area contributed by atoms with Crippen LogP contribution in [0.3, 0.4) is 0 Å². The predicted octanol–water partition coefficient (Wildman–Crippen LogP) is 1.91. The molecule has 0 aromatic rings. The third-order valence-electron chi connectivity index (χ3n) is 2.40. The quantitative estimate of drug-likeness (QED) is 0.572. The van der Waals surface area contributed by atoms with Crippen LogP contribution in [0.25, 0.3) is 0 Å². The van der Waals surface area contributed by atoms with Crippen LogP contribution in [-0.4, -0.2) is 6.04 Å². The molecule has 0 bridgehead atoms. The highest BCUT2D eigenvalue weighted by atomic mass is 14.6. The van der Waals surface area contributed by atoms with Gasteiger partial charge in [-0.2, -0.15) is 0 Å². The molecule has 9 heavy (non-hydrogen) atoms. The van der Waals surface area contributed by atoms with Crippen LogP contribution in [0.1, 0.15) is 39.0 Å². The van der Waals surface area contributed by atoms with E-state index in [0.717, 1.165) is 5.92 Å². The lowest BCUT2D eigenvalue weighted by Gasteiger charge is -2.25. The summed E-state index contributed by atoms with van der Waals surface area (Å²) in [5, 5.41) is 0. The van der Waals surface area contributed by atoms with Crippen molar-refractivity contribution >= 4 is 0 Å². The van der Waals surface area contributed by atoms with Gasteiger partial charge in [-0.25, -0.2) is 0 Å². The SMILES string of the molecule is CCC1CCC[C@H](N)C1. The van der Waals surface area contributed by atoms with E-state index >= 15 is 0 Å². The Morgan fingerprint density at radius 2 is 2.22 bits per heavy atom. The van der Waals surface area contributed by atoms with E-state index in [4.69, 9.17) is 5.73 Å². The molecular formula is C8H17N. The van der Waals surface area contributed by atoms with Crippen LogP contribution in [-0.2, 0) is 0 Å². The van der Waals surface area contributed by atoms with E-state index in [1.807, 2.05) is 0 Å². The normalized spacial score (nSPS) is 36.7. The van der Waals surface area contributed by atoms with Crippen molar-refractivity contribution in [1.82, 2.24) is 0 Å². The summed E-state index contributed by atoms with van der Waals surface area (Å²) in [4.78, 5) is 0. The largest absolute Gasteiger partial charge is 0.328 e. The van der Waals surface area contributed by atoms with E-state index in [2.05, 4.69) is 6.92 Å². The summed E-state index contributed by atoms with van der Waals surface area (Å²) in [5.41, 5.74) is 5.80. The fraction of sp³-hybridized carbons (Fsp3) is 1.00. The molecule has 0 spiro atoms. The average molecular weight is 127 g/mol. The molecule has 0 aliphatic heterocycles. The van der Waals surface area contributed by atoms with Crippen molar-refractivity contribution in [1.29, 1.82) is 0 Å². The van der Waals surface area contributed by atoms with Gasteiger partial charge in [-0.15, -0.1) is 0 Å². The van der Waals surface area contributed by atoms with Gasteiger partial charge in [-0.3, -0.25) is 0 Å². The van der Waals surface area contributed by atoms with Crippen molar-refractivity contribution in [2.45, 2.75) is 45.1 Å². The molecule has 1 unspecified atom stereocenters. The lowest BCUT2D eigenvalue weighted by Crippen LogP contribution is -2.27. The Labute approximate surface area is 57.6 Å². The first-order valence-electron chi connectivity index (χ1n) is 4.08. The zero-order valence-corrected chi connectivity index (χ0v) is 6.27. The van der Waals surface area contributed by atoms with Crippen LogP contribution in [0.4, 0.5) is 0 Å². The molecule has 1 heteroatoms. The summed E-state index contributed by atoms with van der Waals surface area (Å²) >= 11 is 0. The Bertz CT molecular complexity index is 80.6. The minimum absolute atomic E-state index is 0.517. The summed E-state index contributed by atoms with van der Waals surface area (Å²) < 4.78 is 0. The molecule has 0 heterocycles. The summed E-state index contributed by atoms with van der Waals surface area (Å²) in [7, 11) is 0. The molecule has 0 aromatic carbocycles. The van der Waals surface area contributed by atoms with E-state index in [9.17, 15) is 0 Å². The maximum atomic E-state index is 5.80. The second-order valence-electron chi connectivity index (χ2n) is 3.20. The van der Waals surface area contributed by atoms with Crippen LogP contribution in [0, 0.1) is 5.92 Å². The zero-order chi connectivity index (χ0) is 6.69. The van der Waals surface area contributed by atoms with E-state index in [1.54, 1.807) is 0 Å². The highest BCUT2D eigenvalue weighted by Gasteiger charge is 2.16. The van der Waals surface area contributed by atoms with Gasteiger partial charge in [0.25, 0.3) is 0 Å². The second-order valence-corrected chi connectivity index (χ2v) is 3.20. The van der Waals surface area contributed by atoms with Gasteiger partial charge in [0, 0.05) is 6.04 Å². The van der Waals surface area contributed by atoms with Gasteiger partial charge in [0.15, 0.2) is 0 Å². The van der Waals surface area contributed by atoms with Crippen molar-refractivity contribution in [2.24, 2.45) is 11.7 Å². The van der Waals surface area contributed by atoms with Gasteiger partial charge >= 0.3 is 0 Å². The molecule has 1 saturated carbocycles. The van der Waals surface area contributed by atoms with Crippen molar-refractivity contribution in [3.05, 3.63) is 0 Å². The number of nitrogens with two attached hydrogens (primary N) is 1. The van der Waals surface area contributed by atoms with E-state index < -0.39 is 0 Å². The minimum atomic E-state index is 0.517. The molecule has 1 nitrogen and oxygen atoms in total. The zero-order valence-electron chi connectivity index (χ0n) is 6.27. The highest BCUT2D eigenvalue weighted by Crippen LogP contribution is 2.24. The monoisotopic (exact) mass is 127 g/mol. The summed E-state index contributed by atoms with van der Waals surface area (Å²) in [6.45, 7) is 2.27. The highest BCUT2D eigenvalue weighted by molar-refractivity contribution is 4.73. The molecule has 1 aliphatic carbocycles. The lowest BCUT2D eigenvalue weighted by molar-refractivity contribution is 0.315. The maximum Gasteiger partial charge on any atom is 0.00414 e. The van der Waals surface area contributed by atoms with E-state index in [0.29, 0.717) is 6.04 Å². The molecule has 0 saturated heterocycles. The molecule has 1 aliphatic rings. The molecule has 54 valence electrons. The fourth-order valence-electron chi connectivity index (χ4n) is 1.70. The molecule has 2 atom stereocenters. The summed E-state index contributed by atoms with van der Waals surface area (Å²) in [6.07, 6.45) is 6.64. The third kappa shape index (κ3) is 1.98. The standard InChI is InChI=1S/C8H17N/c1-2-7-4-3-5-8(9)6-7/h7-8H,2-6,9H2,1H3/t7?,8-/m0/s1. The molecule has 1 fully saturated rings. The smallest absolute Gasteiger partial charge is 0.00414 e. The van der Waals surface area contributed by atoms with Gasteiger partial charge in [0.2, 0.25) is 0 Å². The van der Waals surface area contributed by atoms with Crippen molar-refractivity contribution in [3.8, 4) is 0 Å². The second kappa shape index (κ2) is 3.21. The van der Waals surface area contributed by atoms with E-state index in [-0.39, 0.29) is 0 Å². The molecular weight excluding hydrogens is 110 g/mol. The third-order valence-corrected chi connectivity index (χ3v) is 2.40. The van der Waals surface area contributed by atoms with Gasteiger partial charge in [-0.05, 0) is 18.8 Å². The minimum Gasteiger partial charge on any atom is -0.328 e. The number of hydrogen-bond acceptors (Lipinski definition) is 1. The Hall–Kier alpha value is -0.0400. The Kier molecular flexibility index (Phi) is 2.52. The first kappa shape index (κ1) is 7.07. The summed E-state index contributed by atoms with van der Waals surface area (Å²) in [5.74, 6) is 0.939. The van der Waals surface area contributed by atoms with Crippen LogP contribution < -0.4 is 5.73 Å². The van der Waals surface area contributed by atoms with Gasteiger partial charge in [0.05, 0.1) is 0 Å². The average Bonchev–Trinajstić information content (AvgIpc) is 1.88. The van der Waals surface area contributed by atoms with Crippen molar-refractivity contribution < 1.29 is 0 Å². The summed E-state index contributed by atoms with van der Waals surface area (Å²) in [6, 6.07) is 0.517.